The lowest BCUT2D eigenvalue weighted by Gasteiger charge is -2.23. The predicted molar refractivity (Wildman–Crippen MR) is 104 cm³/mol. The van der Waals surface area contributed by atoms with Crippen LogP contribution in [0.5, 0.6) is 11.5 Å². The van der Waals surface area contributed by atoms with Gasteiger partial charge in [0.25, 0.3) is 5.91 Å². The van der Waals surface area contributed by atoms with E-state index in [0.717, 1.165) is 25.9 Å². The molecule has 1 aromatic heterocycles. The highest BCUT2D eigenvalue weighted by Gasteiger charge is 2.23. The van der Waals surface area contributed by atoms with Gasteiger partial charge in [-0.15, -0.1) is 17.5 Å². The molecule has 0 aliphatic carbocycles. The zero-order chi connectivity index (χ0) is 20.1. The van der Waals surface area contributed by atoms with Gasteiger partial charge in [0, 0.05) is 12.1 Å². The van der Waals surface area contributed by atoms with Crippen molar-refractivity contribution >= 4 is 18.3 Å². The summed E-state index contributed by atoms with van der Waals surface area (Å²) in [6.07, 6.45) is 1.84. The van der Waals surface area contributed by atoms with Crippen LogP contribution in [0.4, 0.5) is 8.78 Å². The number of aromatic nitrogens is 3. The minimum Gasteiger partial charge on any atom is -0.497 e. The van der Waals surface area contributed by atoms with Crippen LogP contribution in [-0.4, -0.2) is 47.7 Å². The van der Waals surface area contributed by atoms with E-state index in [2.05, 4.69) is 25.7 Å². The van der Waals surface area contributed by atoms with Crippen molar-refractivity contribution in [1.82, 2.24) is 25.6 Å². The van der Waals surface area contributed by atoms with Gasteiger partial charge in [0.15, 0.2) is 5.69 Å². The van der Waals surface area contributed by atoms with Gasteiger partial charge in [-0.25, -0.2) is 4.68 Å². The quantitative estimate of drug-likeness (QED) is 0.700. The molecule has 0 bridgehead atoms. The Morgan fingerprint density at radius 1 is 1.38 bits per heavy atom. The normalized spacial score (nSPS) is 14.4. The monoisotopic (exact) mass is 431 g/mol. The molecule has 3 rings (SSSR count). The number of hydrogen-bond donors (Lipinski definition) is 2. The average molecular weight is 432 g/mol. The van der Waals surface area contributed by atoms with E-state index in [9.17, 15) is 13.6 Å². The van der Waals surface area contributed by atoms with E-state index >= 15 is 0 Å². The van der Waals surface area contributed by atoms with E-state index in [1.54, 1.807) is 11.6 Å². The molecule has 0 radical (unpaired) electrons. The Morgan fingerprint density at radius 2 is 2.10 bits per heavy atom. The number of rotatable bonds is 7. The van der Waals surface area contributed by atoms with Gasteiger partial charge in [-0.1, -0.05) is 5.21 Å². The Hall–Kier alpha value is -2.46. The fourth-order valence-corrected chi connectivity index (χ4v) is 3.24. The third kappa shape index (κ3) is 5.54. The van der Waals surface area contributed by atoms with Crippen molar-refractivity contribution in [3.05, 3.63) is 35.2 Å². The second-order valence-electron chi connectivity index (χ2n) is 6.48. The topological polar surface area (TPSA) is 90.3 Å². The molecule has 8 nitrogen and oxygen atoms in total. The van der Waals surface area contributed by atoms with E-state index in [0.29, 0.717) is 17.0 Å². The molecule has 2 N–H and O–H groups in total. The second-order valence-corrected chi connectivity index (χ2v) is 6.48. The largest absolute Gasteiger partial charge is 0.497 e. The van der Waals surface area contributed by atoms with Gasteiger partial charge in [0.1, 0.15) is 11.5 Å². The lowest BCUT2D eigenvalue weighted by molar-refractivity contribution is -0.0505. The van der Waals surface area contributed by atoms with Crippen molar-refractivity contribution in [3.63, 3.8) is 0 Å². The lowest BCUT2D eigenvalue weighted by Crippen LogP contribution is -2.30. The number of piperidine rings is 1. The molecule has 0 spiro atoms. The maximum absolute atomic E-state index is 12.6. The van der Waals surface area contributed by atoms with Gasteiger partial charge in [-0.05, 0) is 51.1 Å². The lowest BCUT2D eigenvalue weighted by atomic mass is 10.1. The zero-order valence-corrected chi connectivity index (χ0v) is 17.0. The summed E-state index contributed by atoms with van der Waals surface area (Å²) < 4.78 is 36.6. The maximum atomic E-state index is 12.6. The van der Waals surface area contributed by atoms with Crippen LogP contribution in [0.2, 0.25) is 0 Å². The van der Waals surface area contributed by atoms with Crippen LogP contribution in [0.1, 0.15) is 40.6 Å². The predicted octanol–water partition coefficient (Wildman–Crippen LogP) is 2.47. The molecule has 1 aliphatic rings. The molecule has 1 fully saturated rings. The van der Waals surface area contributed by atoms with Crippen molar-refractivity contribution in [2.75, 3.05) is 20.2 Å². The summed E-state index contributed by atoms with van der Waals surface area (Å²) in [7, 11) is 1.47. The first-order chi connectivity index (χ1) is 13.5. The van der Waals surface area contributed by atoms with E-state index in [1.807, 2.05) is 0 Å². The number of nitrogens with zero attached hydrogens (tertiary/aromatic N) is 3. The number of methoxy groups -OCH3 is 1. The standard InChI is InChI=1S/C18H23F2N5O3.ClH/c1-11-16(23-24-25(11)13-5-7-21-8-6-13)17(26)22-10-12-9-14(27-2)3-4-15(12)28-18(19)20;/h3-4,9,13,18,21H,5-8,10H2,1-2H3,(H,22,26);1H. The summed E-state index contributed by atoms with van der Waals surface area (Å²) in [5.41, 5.74) is 1.27. The molecule has 0 unspecified atom stereocenters. The summed E-state index contributed by atoms with van der Waals surface area (Å²) in [6.45, 7) is 0.614. The first-order valence-corrected chi connectivity index (χ1v) is 9.02. The number of amides is 1. The van der Waals surface area contributed by atoms with Crippen molar-refractivity contribution in [2.24, 2.45) is 0 Å². The molecule has 160 valence electrons. The second kappa shape index (κ2) is 10.4. The highest BCUT2D eigenvalue weighted by atomic mass is 35.5. The number of carbonyl (C=O) groups excluding carboxylic acids is 1. The molecule has 0 saturated carbocycles. The number of alkyl halides is 2. The number of hydrogen-bond acceptors (Lipinski definition) is 6. The van der Waals surface area contributed by atoms with Gasteiger partial charge in [-0.2, -0.15) is 8.78 Å². The molecular formula is C18H24ClF2N5O3. The van der Waals surface area contributed by atoms with Gasteiger partial charge in [0.2, 0.25) is 0 Å². The van der Waals surface area contributed by atoms with E-state index < -0.39 is 12.5 Å². The van der Waals surface area contributed by atoms with Gasteiger partial charge >= 0.3 is 6.61 Å². The highest BCUT2D eigenvalue weighted by Crippen LogP contribution is 2.26. The molecule has 1 aliphatic heterocycles. The van der Waals surface area contributed by atoms with E-state index in [-0.39, 0.29) is 36.4 Å². The molecule has 11 heteroatoms. The van der Waals surface area contributed by atoms with Gasteiger partial charge in [-0.3, -0.25) is 4.79 Å². The third-order valence-electron chi connectivity index (χ3n) is 4.72. The summed E-state index contributed by atoms with van der Waals surface area (Å²) in [5.74, 6) is 0.0218. The number of ether oxygens (including phenoxy) is 2. The Bertz CT molecular complexity index is 828. The van der Waals surface area contributed by atoms with Crippen molar-refractivity contribution in [3.8, 4) is 11.5 Å². The van der Waals surface area contributed by atoms with Crippen molar-refractivity contribution < 1.29 is 23.0 Å². The molecule has 2 heterocycles. The number of halogens is 3. The van der Waals surface area contributed by atoms with Crippen LogP contribution < -0.4 is 20.1 Å². The van der Waals surface area contributed by atoms with Crippen LogP contribution >= 0.6 is 12.4 Å². The van der Waals surface area contributed by atoms with E-state index in [1.165, 1.54) is 25.3 Å². The molecule has 1 saturated heterocycles. The average Bonchev–Trinajstić information content (AvgIpc) is 3.08. The maximum Gasteiger partial charge on any atom is 0.387 e. The fourth-order valence-electron chi connectivity index (χ4n) is 3.24. The number of benzene rings is 1. The molecule has 1 aromatic carbocycles. The Balaban J connectivity index is 0.00000300. The number of nitrogens with one attached hydrogen (secondary N) is 2. The minimum absolute atomic E-state index is 0. The van der Waals surface area contributed by atoms with Gasteiger partial charge < -0.3 is 20.1 Å². The Kier molecular flexibility index (Phi) is 8.15. The summed E-state index contributed by atoms with van der Waals surface area (Å²) in [5, 5.41) is 14.1. The van der Waals surface area contributed by atoms with Crippen LogP contribution in [0.25, 0.3) is 0 Å². The van der Waals surface area contributed by atoms with Crippen LogP contribution in [0.15, 0.2) is 18.2 Å². The third-order valence-corrected chi connectivity index (χ3v) is 4.72. The highest BCUT2D eigenvalue weighted by molar-refractivity contribution is 5.93. The zero-order valence-electron chi connectivity index (χ0n) is 16.2. The van der Waals surface area contributed by atoms with Gasteiger partial charge in [0.05, 0.1) is 18.8 Å². The Morgan fingerprint density at radius 3 is 2.76 bits per heavy atom. The van der Waals surface area contributed by atoms with Crippen molar-refractivity contribution in [1.29, 1.82) is 0 Å². The molecule has 1 amide bonds. The SMILES string of the molecule is COc1ccc(OC(F)F)c(CNC(=O)c2nnn(C3CCNCC3)c2C)c1.Cl. The smallest absolute Gasteiger partial charge is 0.387 e. The molecule has 2 aromatic rings. The van der Waals surface area contributed by atoms with Crippen LogP contribution in [-0.2, 0) is 6.54 Å². The fraction of sp³-hybridized carbons (Fsp3) is 0.500. The minimum atomic E-state index is -2.96. The van der Waals surface area contributed by atoms with Crippen LogP contribution in [0, 0.1) is 6.92 Å². The first-order valence-electron chi connectivity index (χ1n) is 9.02. The summed E-state index contributed by atoms with van der Waals surface area (Å²) in [6, 6.07) is 4.64. The van der Waals surface area contributed by atoms with Crippen molar-refractivity contribution in [2.45, 2.75) is 39.0 Å². The Labute approximate surface area is 173 Å². The number of carbonyl (C=O) groups is 1. The van der Waals surface area contributed by atoms with Crippen LogP contribution in [0.3, 0.4) is 0 Å². The molecule has 29 heavy (non-hydrogen) atoms. The van der Waals surface area contributed by atoms with E-state index in [4.69, 9.17) is 4.74 Å². The first kappa shape index (κ1) is 22.8. The molecular weight excluding hydrogens is 408 g/mol. The summed E-state index contributed by atoms with van der Waals surface area (Å²) in [4.78, 5) is 12.6. The summed E-state index contributed by atoms with van der Waals surface area (Å²) >= 11 is 0. The molecule has 0 atom stereocenters.